The van der Waals surface area contributed by atoms with Crippen LogP contribution in [0.3, 0.4) is 0 Å². The summed E-state index contributed by atoms with van der Waals surface area (Å²) in [4.78, 5) is 38.8. The summed E-state index contributed by atoms with van der Waals surface area (Å²) in [6.07, 6.45) is 0.857. The lowest BCUT2D eigenvalue weighted by molar-refractivity contribution is -0.148. The largest absolute Gasteiger partial charge is 0.467 e. The molecule has 0 aromatic carbocycles. The van der Waals surface area contributed by atoms with Crippen molar-refractivity contribution in [1.82, 2.24) is 9.80 Å². The van der Waals surface area contributed by atoms with Gasteiger partial charge in [-0.25, -0.2) is 14.5 Å². The Labute approximate surface area is 124 Å². The van der Waals surface area contributed by atoms with Gasteiger partial charge < -0.3 is 14.4 Å². The molecule has 0 aromatic heterocycles. The third-order valence-electron chi connectivity index (χ3n) is 2.70. The first kappa shape index (κ1) is 17.0. The highest BCUT2D eigenvalue weighted by atomic mass is 16.6. The number of hydrogen-bond acceptors (Lipinski definition) is 6. The van der Waals surface area contributed by atoms with Crippen LogP contribution >= 0.6 is 0 Å². The summed E-state index contributed by atoms with van der Waals surface area (Å²) < 4.78 is 9.85. The maximum atomic E-state index is 12.3. The molecule has 0 aliphatic carbocycles. The molecule has 21 heavy (non-hydrogen) atoms. The van der Waals surface area contributed by atoms with E-state index in [1.807, 2.05) is 0 Å². The molecule has 1 atom stereocenters. The zero-order valence-corrected chi connectivity index (χ0v) is 13.3. The molecular formula is C14H22N2O5. The molecule has 0 aromatic rings. The quantitative estimate of drug-likeness (QED) is 0.562. The second kappa shape index (κ2) is 6.15. The SMILES string of the molecule is COC(=O)[C@@H]1C/C(=C\N(C)C)C(=O)N1C(=O)OC(C)(C)C. The number of ether oxygens (including phenoxy) is 2. The lowest BCUT2D eigenvalue weighted by atomic mass is 10.1. The normalized spacial score (nSPS) is 20.7. The van der Waals surface area contributed by atoms with Crippen LogP contribution in [-0.4, -0.2) is 60.6 Å². The van der Waals surface area contributed by atoms with Crippen LogP contribution in [0, 0.1) is 0 Å². The summed E-state index contributed by atoms with van der Waals surface area (Å²) >= 11 is 0. The number of imide groups is 1. The van der Waals surface area contributed by atoms with Gasteiger partial charge in [-0.05, 0) is 20.8 Å². The van der Waals surface area contributed by atoms with Crippen molar-refractivity contribution in [1.29, 1.82) is 0 Å². The molecule has 1 saturated heterocycles. The van der Waals surface area contributed by atoms with Gasteiger partial charge in [-0.1, -0.05) is 0 Å². The predicted octanol–water partition coefficient (Wildman–Crippen LogP) is 1.14. The first-order valence-electron chi connectivity index (χ1n) is 6.58. The Morgan fingerprint density at radius 1 is 1.33 bits per heavy atom. The minimum Gasteiger partial charge on any atom is -0.467 e. The molecule has 1 rings (SSSR count). The Hall–Kier alpha value is -2.05. The summed E-state index contributed by atoms with van der Waals surface area (Å²) in [6, 6.07) is -0.983. The summed E-state index contributed by atoms with van der Waals surface area (Å²) in [5.74, 6) is -1.18. The molecule has 1 aliphatic heterocycles. The summed E-state index contributed by atoms with van der Waals surface area (Å²) in [5.41, 5.74) is -0.396. The van der Waals surface area contributed by atoms with E-state index in [1.165, 1.54) is 7.11 Å². The Bertz CT molecular complexity index is 476. The molecule has 1 aliphatic rings. The zero-order valence-electron chi connectivity index (χ0n) is 13.3. The number of nitrogens with zero attached hydrogens (tertiary/aromatic N) is 2. The van der Waals surface area contributed by atoms with Crippen molar-refractivity contribution < 1.29 is 23.9 Å². The van der Waals surface area contributed by atoms with Crippen molar-refractivity contribution in [2.24, 2.45) is 0 Å². The van der Waals surface area contributed by atoms with Gasteiger partial charge in [0.1, 0.15) is 11.6 Å². The fraction of sp³-hybridized carbons (Fsp3) is 0.643. The Balaban J connectivity index is 3.09. The minimum absolute atomic E-state index is 0.114. The lowest BCUT2D eigenvalue weighted by Gasteiger charge is -2.25. The van der Waals surface area contributed by atoms with E-state index in [-0.39, 0.29) is 6.42 Å². The summed E-state index contributed by atoms with van der Waals surface area (Å²) in [5, 5.41) is 0. The van der Waals surface area contributed by atoms with Crippen LogP contribution in [-0.2, 0) is 19.1 Å². The number of amides is 2. The Morgan fingerprint density at radius 2 is 1.90 bits per heavy atom. The van der Waals surface area contributed by atoms with Crippen LogP contribution in [0.5, 0.6) is 0 Å². The van der Waals surface area contributed by atoms with Crippen LogP contribution in [0.25, 0.3) is 0 Å². The van der Waals surface area contributed by atoms with Gasteiger partial charge in [-0.15, -0.1) is 0 Å². The lowest BCUT2D eigenvalue weighted by Crippen LogP contribution is -2.45. The maximum Gasteiger partial charge on any atom is 0.418 e. The fourth-order valence-corrected chi connectivity index (χ4v) is 1.95. The fourth-order valence-electron chi connectivity index (χ4n) is 1.95. The van der Waals surface area contributed by atoms with Crippen LogP contribution in [0.15, 0.2) is 11.8 Å². The number of hydrogen-bond donors (Lipinski definition) is 0. The standard InChI is InChI=1S/C14H22N2O5/c1-14(2,3)21-13(19)16-10(12(18)20-6)7-9(11(16)17)8-15(4)5/h8,10H,7H2,1-6H3/b9-8+/t10-/m0/s1. The average Bonchev–Trinajstić information content (AvgIpc) is 2.63. The van der Waals surface area contributed by atoms with Gasteiger partial charge in [0.15, 0.2) is 0 Å². The minimum atomic E-state index is -0.983. The molecule has 1 heterocycles. The van der Waals surface area contributed by atoms with Gasteiger partial charge in [0.25, 0.3) is 5.91 Å². The third kappa shape index (κ3) is 4.21. The van der Waals surface area contributed by atoms with Crippen molar-refractivity contribution in [3.63, 3.8) is 0 Å². The molecule has 0 unspecified atom stereocenters. The molecule has 2 amide bonds. The second-order valence-electron chi connectivity index (χ2n) is 6.02. The van der Waals surface area contributed by atoms with Crippen LogP contribution in [0.1, 0.15) is 27.2 Å². The van der Waals surface area contributed by atoms with Gasteiger partial charge in [-0.2, -0.15) is 0 Å². The van der Waals surface area contributed by atoms with Gasteiger partial charge in [0, 0.05) is 32.3 Å². The first-order valence-corrected chi connectivity index (χ1v) is 6.58. The molecule has 1 fully saturated rings. The second-order valence-corrected chi connectivity index (χ2v) is 6.02. The number of carbonyl (C=O) groups excluding carboxylic acids is 3. The molecular weight excluding hydrogens is 276 g/mol. The van der Waals surface area contributed by atoms with Crippen LogP contribution in [0.2, 0.25) is 0 Å². The van der Waals surface area contributed by atoms with Gasteiger partial charge in [-0.3, -0.25) is 4.79 Å². The molecule has 0 bridgehead atoms. The Morgan fingerprint density at radius 3 is 2.33 bits per heavy atom. The number of carbonyl (C=O) groups is 3. The van der Waals surface area contributed by atoms with E-state index in [9.17, 15) is 14.4 Å². The highest BCUT2D eigenvalue weighted by Gasteiger charge is 2.46. The number of methoxy groups -OCH3 is 1. The van der Waals surface area contributed by atoms with Crippen molar-refractivity contribution in [3.8, 4) is 0 Å². The molecule has 0 radical (unpaired) electrons. The summed E-state index contributed by atoms with van der Waals surface area (Å²) in [7, 11) is 4.72. The molecule has 0 spiro atoms. The van der Waals surface area contributed by atoms with Crippen LogP contribution < -0.4 is 0 Å². The molecule has 0 N–H and O–H groups in total. The van der Waals surface area contributed by atoms with E-state index in [1.54, 1.807) is 46.0 Å². The molecule has 7 heteroatoms. The smallest absolute Gasteiger partial charge is 0.418 e. The summed E-state index contributed by atoms with van der Waals surface area (Å²) in [6.45, 7) is 5.07. The highest BCUT2D eigenvalue weighted by molar-refractivity contribution is 6.08. The third-order valence-corrected chi connectivity index (χ3v) is 2.70. The number of likely N-dealkylation sites (tertiary alicyclic amines) is 1. The van der Waals surface area contributed by atoms with Gasteiger partial charge >= 0.3 is 12.1 Å². The predicted molar refractivity (Wildman–Crippen MR) is 75.3 cm³/mol. The molecule has 0 saturated carbocycles. The van der Waals surface area contributed by atoms with E-state index in [0.717, 1.165) is 4.90 Å². The van der Waals surface area contributed by atoms with Crippen molar-refractivity contribution in [2.75, 3.05) is 21.2 Å². The van der Waals surface area contributed by atoms with E-state index >= 15 is 0 Å². The Kier molecular flexibility index (Phi) is 4.98. The van der Waals surface area contributed by atoms with E-state index in [2.05, 4.69) is 4.74 Å². The molecule has 118 valence electrons. The monoisotopic (exact) mass is 298 g/mol. The molecule has 7 nitrogen and oxygen atoms in total. The van der Waals surface area contributed by atoms with Gasteiger partial charge in [0.2, 0.25) is 0 Å². The zero-order chi connectivity index (χ0) is 16.4. The average molecular weight is 298 g/mol. The number of esters is 1. The van der Waals surface area contributed by atoms with Crippen molar-refractivity contribution in [2.45, 2.75) is 38.8 Å². The first-order chi connectivity index (χ1) is 9.56. The van der Waals surface area contributed by atoms with E-state index in [0.29, 0.717) is 5.57 Å². The topological polar surface area (TPSA) is 76.2 Å². The van der Waals surface area contributed by atoms with E-state index < -0.39 is 29.6 Å². The van der Waals surface area contributed by atoms with Gasteiger partial charge in [0.05, 0.1) is 7.11 Å². The van der Waals surface area contributed by atoms with Crippen molar-refractivity contribution >= 4 is 18.0 Å². The van der Waals surface area contributed by atoms with E-state index in [4.69, 9.17) is 4.74 Å². The van der Waals surface area contributed by atoms with Crippen molar-refractivity contribution in [3.05, 3.63) is 11.8 Å². The highest BCUT2D eigenvalue weighted by Crippen LogP contribution is 2.27. The number of rotatable bonds is 2. The van der Waals surface area contributed by atoms with Crippen LogP contribution in [0.4, 0.5) is 4.79 Å². The maximum absolute atomic E-state index is 12.3.